The van der Waals surface area contributed by atoms with Gasteiger partial charge in [0.05, 0.1) is 5.92 Å². The second-order valence-electron chi connectivity index (χ2n) is 8.19. The molecule has 0 heterocycles. The van der Waals surface area contributed by atoms with E-state index in [2.05, 4.69) is 12.2 Å². The highest BCUT2D eigenvalue weighted by Gasteiger charge is 2.32. The van der Waals surface area contributed by atoms with E-state index in [-0.39, 0.29) is 5.92 Å². The quantitative estimate of drug-likeness (QED) is 0.558. The zero-order valence-corrected chi connectivity index (χ0v) is 17.6. The largest absolute Gasteiger partial charge is 0.481 e. The van der Waals surface area contributed by atoms with Crippen LogP contribution in [0.3, 0.4) is 0 Å². The number of aliphatic carboxylic acids is 1. The van der Waals surface area contributed by atoms with Gasteiger partial charge in [-0.05, 0) is 44.4 Å². The number of benzene rings is 2. The Morgan fingerprint density at radius 3 is 2.24 bits per heavy atom. The molecule has 0 aliphatic rings. The van der Waals surface area contributed by atoms with Crippen LogP contribution in [0.5, 0.6) is 0 Å². The lowest BCUT2D eigenvalue weighted by Gasteiger charge is -2.27. The summed E-state index contributed by atoms with van der Waals surface area (Å²) in [4.78, 5) is 24.6. The standard InChI is InChI=1S/C24H31NO4/c1-5-6-14-19(21(22(26)27)17-12-8-7-9-13-17)18-15-10-11-16-20(18)25-23(28)29-24(2,3)4/h7-13,15-16,19,21H,5-6,14H2,1-4H3,(H,25,28)(H,26,27)/t19-,21-/m1/s1. The molecule has 29 heavy (non-hydrogen) atoms. The average Bonchev–Trinajstić information content (AvgIpc) is 2.64. The zero-order valence-electron chi connectivity index (χ0n) is 17.6. The number of rotatable bonds is 8. The molecule has 0 bridgehead atoms. The number of amides is 1. The Hall–Kier alpha value is -2.82. The van der Waals surface area contributed by atoms with Crippen LogP contribution in [0, 0.1) is 0 Å². The van der Waals surface area contributed by atoms with Crippen molar-refractivity contribution in [2.75, 3.05) is 5.32 Å². The van der Waals surface area contributed by atoms with Gasteiger partial charge in [-0.2, -0.15) is 0 Å². The molecule has 5 nitrogen and oxygen atoms in total. The van der Waals surface area contributed by atoms with Crippen LogP contribution >= 0.6 is 0 Å². The highest BCUT2D eigenvalue weighted by molar-refractivity contribution is 5.87. The third-order valence-electron chi connectivity index (χ3n) is 4.69. The summed E-state index contributed by atoms with van der Waals surface area (Å²) in [6.45, 7) is 7.50. The highest BCUT2D eigenvalue weighted by Crippen LogP contribution is 2.40. The Balaban J connectivity index is 2.44. The van der Waals surface area contributed by atoms with E-state index in [1.165, 1.54) is 0 Å². The number of hydrogen-bond donors (Lipinski definition) is 2. The van der Waals surface area contributed by atoms with Crippen molar-refractivity contribution in [1.29, 1.82) is 0 Å². The summed E-state index contributed by atoms with van der Waals surface area (Å²) < 4.78 is 5.38. The molecule has 2 aromatic carbocycles. The van der Waals surface area contributed by atoms with Crippen molar-refractivity contribution >= 4 is 17.7 Å². The van der Waals surface area contributed by atoms with E-state index >= 15 is 0 Å². The van der Waals surface area contributed by atoms with Gasteiger partial charge in [0, 0.05) is 11.6 Å². The molecule has 0 spiro atoms. The van der Waals surface area contributed by atoms with E-state index < -0.39 is 23.6 Å². The molecule has 2 rings (SSSR count). The molecule has 0 fully saturated rings. The fraction of sp³-hybridized carbons (Fsp3) is 0.417. The number of anilines is 1. The number of nitrogens with one attached hydrogen (secondary N) is 1. The predicted molar refractivity (Wildman–Crippen MR) is 115 cm³/mol. The molecular weight excluding hydrogens is 366 g/mol. The number of carbonyl (C=O) groups is 2. The monoisotopic (exact) mass is 397 g/mol. The third-order valence-corrected chi connectivity index (χ3v) is 4.69. The molecule has 2 N–H and O–H groups in total. The Morgan fingerprint density at radius 2 is 1.66 bits per heavy atom. The second kappa shape index (κ2) is 10.1. The smallest absolute Gasteiger partial charge is 0.412 e. The van der Waals surface area contributed by atoms with Gasteiger partial charge in [-0.15, -0.1) is 0 Å². The fourth-order valence-electron chi connectivity index (χ4n) is 3.48. The number of carbonyl (C=O) groups excluding carboxylic acids is 1. The molecular formula is C24H31NO4. The average molecular weight is 398 g/mol. The van der Waals surface area contributed by atoms with Crippen molar-refractivity contribution in [3.05, 3.63) is 65.7 Å². The lowest BCUT2D eigenvalue weighted by Crippen LogP contribution is -2.28. The van der Waals surface area contributed by atoms with E-state index in [9.17, 15) is 14.7 Å². The summed E-state index contributed by atoms with van der Waals surface area (Å²) in [7, 11) is 0. The van der Waals surface area contributed by atoms with E-state index in [1.54, 1.807) is 26.8 Å². The van der Waals surface area contributed by atoms with Crippen LogP contribution in [-0.4, -0.2) is 22.8 Å². The Labute approximate surface area is 173 Å². The van der Waals surface area contributed by atoms with Gasteiger partial charge < -0.3 is 9.84 Å². The summed E-state index contributed by atoms with van der Waals surface area (Å²) >= 11 is 0. The van der Waals surface area contributed by atoms with E-state index in [0.717, 1.165) is 24.0 Å². The predicted octanol–water partition coefficient (Wildman–Crippen LogP) is 6.18. The number of carboxylic acid groups (broad SMARTS) is 1. The topological polar surface area (TPSA) is 75.6 Å². The minimum Gasteiger partial charge on any atom is -0.481 e. The summed E-state index contributed by atoms with van der Waals surface area (Å²) in [6, 6.07) is 16.7. The van der Waals surface area contributed by atoms with Gasteiger partial charge in [-0.25, -0.2) is 4.79 Å². The van der Waals surface area contributed by atoms with Crippen LogP contribution in [0.2, 0.25) is 0 Å². The summed E-state index contributed by atoms with van der Waals surface area (Å²) in [5.41, 5.74) is 1.54. The Kier molecular flexibility index (Phi) is 7.82. The van der Waals surface area contributed by atoms with Gasteiger partial charge in [-0.1, -0.05) is 68.3 Å². The second-order valence-corrected chi connectivity index (χ2v) is 8.19. The first kappa shape index (κ1) is 22.5. The molecule has 0 radical (unpaired) electrons. The number of hydrogen-bond acceptors (Lipinski definition) is 3. The summed E-state index contributed by atoms with van der Waals surface area (Å²) in [6.07, 6.45) is 2.00. The lowest BCUT2D eigenvalue weighted by molar-refractivity contribution is -0.139. The van der Waals surface area contributed by atoms with Crippen LogP contribution in [0.1, 0.15) is 69.9 Å². The van der Waals surface area contributed by atoms with Crippen LogP contribution in [0.4, 0.5) is 10.5 Å². The van der Waals surface area contributed by atoms with Crippen molar-refractivity contribution in [1.82, 2.24) is 0 Å². The van der Waals surface area contributed by atoms with Crippen molar-refractivity contribution < 1.29 is 19.4 Å². The van der Waals surface area contributed by atoms with E-state index in [4.69, 9.17) is 4.74 Å². The van der Waals surface area contributed by atoms with Gasteiger partial charge >= 0.3 is 12.1 Å². The van der Waals surface area contributed by atoms with Gasteiger partial charge in [0.1, 0.15) is 5.60 Å². The highest BCUT2D eigenvalue weighted by atomic mass is 16.6. The first-order valence-electron chi connectivity index (χ1n) is 10.1. The van der Waals surface area contributed by atoms with Crippen LogP contribution in [0.15, 0.2) is 54.6 Å². The number of unbranched alkanes of at least 4 members (excludes halogenated alkanes) is 1. The van der Waals surface area contributed by atoms with Gasteiger partial charge in [0.15, 0.2) is 0 Å². The minimum absolute atomic E-state index is 0.277. The molecule has 0 saturated carbocycles. The number of carboxylic acids is 1. The molecule has 0 unspecified atom stereocenters. The number of ether oxygens (including phenoxy) is 1. The Morgan fingerprint density at radius 1 is 1.03 bits per heavy atom. The molecule has 2 atom stereocenters. The van der Waals surface area contributed by atoms with Gasteiger partial charge in [0.25, 0.3) is 0 Å². The SMILES string of the molecule is CCCC[C@H](c1ccccc1NC(=O)OC(C)(C)C)[C@H](C(=O)O)c1ccccc1. The molecule has 0 aliphatic heterocycles. The molecule has 0 aliphatic carbocycles. The van der Waals surface area contributed by atoms with Crippen molar-refractivity contribution in [3.8, 4) is 0 Å². The molecule has 2 aromatic rings. The van der Waals surface area contributed by atoms with Crippen molar-refractivity contribution in [3.63, 3.8) is 0 Å². The maximum atomic E-state index is 12.3. The molecule has 5 heteroatoms. The Bertz CT molecular complexity index is 811. The fourth-order valence-corrected chi connectivity index (χ4v) is 3.48. The molecule has 1 amide bonds. The molecule has 0 saturated heterocycles. The summed E-state index contributed by atoms with van der Waals surface area (Å²) in [5, 5.41) is 12.9. The van der Waals surface area contributed by atoms with Crippen molar-refractivity contribution in [2.45, 2.75) is 64.4 Å². The molecule has 156 valence electrons. The minimum atomic E-state index is -0.871. The van der Waals surface area contributed by atoms with Crippen LogP contribution in [0.25, 0.3) is 0 Å². The first-order chi connectivity index (χ1) is 13.7. The maximum absolute atomic E-state index is 12.3. The third kappa shape index (κ3) is 6.63. The maximum Gasteiger partial charge on any atom is 0.412 e. The van der Waals surface area contributed by atoms with Crippen LogP contribution in [-0.2, 0) is 9.53 Å². The summed E-state index contributed by atoms with van der Waals surface area (Å²) in [5.74, 6) is -1.85. The van der Waals surface area contributed by atoms with E-state index in [1.807, 2.05) is 48.5 Å². The van der Waals surface area contributed by atoms with Crippen LogP contribution < -0.4 is 5.32 Å². The normalized spacial score (nSPS) is 13.4. The van der Waals surface area contributed by atoms with Gasteiger partial charge in [-0.3, -0.25) is 10.1 Å². The lowest BCUT2D eigenvalue weighted by atomic mass is 9.78. The van der Waals surface area contributed by atoms with Gasteiger partial charge in [0.2, 0.25) is 0 Å². The zero-order chi connectivity index (χ0) is 21.4. The van der Waals surface area contributed by atoms with Crippen molar-refractivity contribution in [2.24, 2.45) is 0 Å². The molecule has 0 aromatic heterocycles. The van der Waals surface area contributed by atoms with E-state index in [0.29, 0.717) is 12.1 Å². The first-order valence-corrected chi connectivity index (χ1v) is 10.1. The number of para-hydroxylation sites is 1.